The first kappa shape index (κ1) is 22.1. The van der Waals surface area contributed by atoms with E-state index in [-0.39, 0.29) is 15.9 Å². The van der Waals surface area contributed by atoms with Crippen molar-refractivity contribution in [1.29, 1.82) is 0 Å². The van der Waals surface area contributed by atoms with E-state index in [1.54, 1.807) is 24.3 Å². The molecule has 0 atom stereocenters. The predicted octanol–water partition coefficient (Wildman–Crippen LogP) is 2.88. The Morgan fingerprint density at radius 2 is 1.76 bits per heavy atom. The van der Waals surface area contributed by atoms with Crippen LogP contribution in [0, 0.1) is 5.92 Å². The van der Waals surface area contributed by atoms with Crippen molar-refractivity contribution in [3.05, 3.63) is 24.3 Å². The molecule has 1 aliphatic carbocycles. The number of carbonyl (C=O) groups excluding carboxylic acids is 1. The Hall–Kier alpha value is -1.55. The quantitative estimate of drug-likeness (QED) is 0.663. The highest BCUT2D eigenvalue weighted by Gasteiger charge is 2.26. The van der Waals surface area contributed by atoms with Gasteiger partial charge in [0.1, 0.15) is 0 Å². The number of thiocarbonyl (C=S) groups is 1. The minimum Gasteiger partial charge on any atom is -0.379 e. The van der Waals surface area contributed by atoms with E-state index in [2.05, 4.69) is 10.6 Å². The number of benzene rings is 1. The van der Waals surface area contributed by atoms with Crippen molar-refractivity contribution in [2.75, 3.05) is 31.6 Å². The molecule has 0 radical (unpaired) electrons. The maximum absolute atomic E-state index is 12.6. The molecule has 1 aromatic carbocycles. The molecule has 1 saturated carbocycles. The number of anilines is 1. The molecule has 0 bridgehead atoms. The number of hydrogen-bond acceptors (Lipinski definition) is 5. The van der Waals surface area contributed by atoms with Crippen molar-refractivity contribution in [3.8, 4) is 0 Å². The van der Waals surface area contributed by atoms with Crippen LogP contribution in [0.1, 0.15) is 44.9 Å². The zero-order chi connectivity index (χ0) is 20.7. The topological polar surface area (TPSA) is 87.7 Å². The number of rotatable bonds is 6. The monoisotopic (exact) mass is 439 g/mol. The predicted molar refractivity (Wildman–Crippen MR) is 116 cm³/mol. The smallest absolute Gasteiger partial charge is 0.243 e. The zero-order valence-electron chi connectivity index (χ0n) is 16.6. The number of morpholine rings is 1. The summed E-state index contributed by atoms with van der Waals surface area (Å²) in [6, 6.07) is 6.38. The second kappa shape index (κ2) is 10.5. The summed E-state index contributed by atoms with van der Waals surface area (Å²) in [5, 5.41) is 5.87. The third kappa shape index (κ3) is 6.47. The van der Waals surface area contributed by atoms with Gasteiger partial charge in [0.15, 0.2) is 5.11 Å². The molecule has 0 spiro atoms. The molecule has 1 amide bonds. The largest absolute Gasteiger partial charge is 0.379 e. The molecule has 9 heteroatoms. The summed E-state index contributed by atoms with van der Waals surface area (Å²) in [6.07, 6.45) is 7.66. The van der Waals surface area contributed by atoms with Gasteiger partial charge in [0, 0.05) is 25.2 Å². The standard InChI is InChI=1S/C20H29N3O4S2/c24-19(11-6-16-4-2-1-3-5-16)22-20(28)21-17-7-9-18(10-8-17)29(25,26)23-12-14-27-15-13-23/h7-10,16H,1-6,11-15H2,(H2,21,22,24,28). The number of hydrogen-bond donors (Lipinski definition) is 2. The number of carbonyl (C=O) groups is 1. The molecular formula is C20H29N3O4S2. The number of sulfonamides is 1. The molecular weight excluding hydrogens is 410 g/mol. The highest BCUT2D eigenvalue weighted by Crippen LogP contribution is 2.27. The normalized spacial score (nSPS) is 18.9. The number of ether oxygens (including phenoxy) is 1. The van der Waals surface area contributed by atoms with Crippen molar-refractivity contribution < 1.29 is 17.9 Å². The molecule has 1 aromatic rings. The molecule has 3 rings (SSSR count). The molecule has 7 nitrogen and oxygen atoms in total. The first-order chi connectivity index (χ1) is 13.9. The van der Waals surface area contributed by atoms with Gasteiger partial charge in [-0.05, 0) is 48.8 Å². The first-order valence-electron chi connectivity index (χ1n) is 10.2. The Morgan fingerprint density at radius 1 is 1.10 bits per heavy atom. The Bertz CT molecular complexity index is 800. The summed E-state index contributed by atoms with van der Waals surface area (Å²) >= 11 is 5.21. The van der Waals surface area contributed by atoms with Gasteiger partial charge in [-0.1, -0.05) is 32.1 Å². The van der Waals surface area contributed by atoms with Crippen molar-refractivity contribution in [2.45, 2.75) is 49.8 Å². The average molecular weight is 440 g/mol. The molecule has 2 N–H and O–H groups in total. The van der Waals surface area contributed by atoms with E-state index in [0.717, 1.165) is 6.42 Å². The van der Waals surface area contributed by atoms with Gasteiger partial charge in [-0.2, -0.15) is 4.31 Å². The zero-order valence-corrected chi connectivity index (χ0v) is 18.2. The van der Waals surface area contributed by atoms with E-state index < -0.39 is 10.0 Å². The molecule has 160 valence electrons. The van der Waals surface area contributed by atoms with Gasteiger partial charge < -0.3 is 15.4 Å². The van der Waals surface area contributed by atoms with Crippen molar-refractivity contribution in [2.24, 2.45) is 5.92 Å². The fraction of sp³-hybridized carbons (Fsp3) is 0.600. The SMILES string of the molecule is O=C(CCC1CCCCC1)NC(=S)Nc1ccc(S(=O)(=O)N2CCOCC2)cc1. The Kier molecular flexibility index (Phi) is 7.99. The molecule has 2 fully saturated rings. The van der Waals surface area contributed by atoms with Crippen LogP contribution < -0.4 is 10.6 Å². The van der Waals surface area contributed by atoms with Crippen LogP contribution in [0.4, 0.5) is 5.69 Å². The van der Waals surface area contributed by atoms with E-state index in [9.17, 15) is 13.2 Å². The summed E-state index contributed by atoms with van der Waals surface area (Å²) in [5.74, 6) is 0.566. The van der Waals surface area contributed by atoms with Crippen LogP contribution in [0.15, 0.2) is 29.2 Å². The van der Waals surface area contributed by atoms with E-state index in [1.165, 1.54) is 36.4 Å². The molecule has 1 aliphatic heterocycles. The van der Waals surface area contributed by atoms with E-state index in [4.69, 9.17) is 17.0 Å². The Morgan fingerprint density at radius 3 is 2.41 bits per heavy atom. The summed E-state index contributed by atoms with van der Waals surface area (Å²) in [4.78, 5) is 12.3. The first-order valence-corrected chi connectivity index (χ1v) is 12.1. The second-order valence-corrected chi connectivity index (χ2v) is 9.93. The van der Waals surface area contributed by atoms with Crippen LogP contribution in [0.25, 0.3) is 0 Å². The van der Waals surface area contributed by atoms with Gasteiger partial charge in [-0.25, -0.2) is 8.42 Å². The van der Waals surface area contributed by atoms with Gasteiger partial charge in [0.05, 0.1) is 18.1 Å². The van der Waals surface area contributed by atoms with Crippen molar-refractivity contribution in [3.63, 3.8) is 0 Å². The lowest BCUT2D eigenvalue weighted by Crippen LogP contribution is -2.40. The van der Waals surface area contributed by atoms with Crippen molar-refractivity contribution in [1.82, 2.24) is 9.62 Å². The van der Waals surface area contributed by atoms with Crippen LogP contribution in [0.2, 0.25) is 0 Å². The highest BCUT2D eigenvalue weighted by molar-refractivity contribution is 7.89. The lowest BCUT2D eigenvalue weighted by molar-refractivity contribution is -0.120. The average Bonchev–Trinajstić information content (AvgIpc) is 2.74. The summed E-state index contributed by atoms with van der Waals surface area (Å²) in [5.41, 5.74) is 0.628. The molecule has 1 heterocycles. The molecule has 1 saturated heterocycles. The van der Waals surface area contributed by atoms with Gasteiger partial charge in [-0.15, -0.1) is 0 Å². The molecule has 0 aromatic heterocycles. The Balaban J connectivity index is 1.47. The molecule has 29 heavy (non-hydrogen) atoms. The maximum atomic E-state index is 12.6. The van der Waals surface area contributed by atoms with Gasteiger partial charge in [0.2, 0.25) is 15.9 Å². The number of nitrogens with zero attached hydrogens (tertiary/aromatic N) is 1. The van der Waals surface area contributed by atoms with Crippen LogP contribution in [0.5, 0.6) is 0 Å². The fourth-order valence-electron chi connectivity index (χ4n) is 3.81. The van der Waals surface area contributed by atoms with Crippen molar-refractivity contribution >= 4 is 38.9 Å². The minimum atomic E-state index is -3.52. The number of amides is 1. The summed E-state index contributed by atoms with van der Waals surface area (Å²) < 4.78 is 31.9. The van der Waals surface area contributed by atoms with Crippen LogP contribution in [0.3, 0.4) is 0 Å². The lowest BCUT2D eigenvalue weighted by atomic mass is 9.86. The maximum Gasteiger partial charge on any atom is 0.243 e. The van der Waals surface area contributed by atoms with Gasteiger partial charge in [-0.3, -0.25) is 4.79 Å². The van der Waals surface area contributed by atoms with Gasteiger partial charge >= 0.3 is 0 Å². The molecule has 0 unspecified atom stereocenters. The number of nitrogens with one attached hydrogen (secondary N) is 2. The second-order valence-electron chi connectivity index (χ2n) is 7.59. The highest BCUT2D eigenvalue weighted by atomic mass is 32.2. The Labute approximate surface area is 178 Å². The summed E-state index contributed by atoms with van der Waals surface area (Å²) in [7, 11) is -3.52. The van der Waals surface area contributed by atoms with Crippen LogP contribution >= 0.6 is 12.2 Å². The minimum absolute atomic E-state index is 0.0837. The summed E-state index contributed by atoms with van der Waals surface area (Å²) in [6.45, 7) is 1.54. The van der Waals surface area contributed by atoms with E-state index >= 15 is 0 Å². The van der Waals surface area contributed by atoms with Gasteiger partial charge in [0.25, 0.3) is 0 Å². The van der Waals surface area contributed by atoms with Crippen LogP contribution in [-0.2, 0) is 19.6 Å². The molecule has 2 aliphatic rings. The van der Waals surface area contributed by atoms with E-state index in [0.29, 0.717) is 44.3 Å². The fourth-order valence-corrected chi connectivity index (χ4v) is 5.45. The third-order valence-corrected chi connectivity index (χ3v) is 7.59. The lowest BCUT2D eigenvalue weighted by Gasteiger charge is -2.26. The third-order valence-electron chi connectivity index (χ3n) is 5.48. The van der Waals surface area contributed by atoms with E-state index in [1.807, 2.05) is 0 Å². The van der Waals surface area contributed by atoms with Crippen LogP contribution in [-0.4, -0.2) is 50.0 Å².